The van der Waals surface area contributed by atoms with E-state index < -0.39 is 4.92 Å². The number of aryl methyl sites for hydroxylation is 1. The highest BCUT2D eigenvalue weighted by molar-refractivity contribution is 5.61. The molecule has 1 fully saturated rings. The molecule has 1 unspecified atom stereocenters. The minimum absolute atomic E-state index is 0.0178. The van der Waals surface area contributed by atoms with Crippen molar-refractivity contribution in [3.63, 3.8) is 0 Å². The minimum atomic E-state index is -0.420. The SMILES string of the molecule is Cc1cc(N(CC2CCC2)C(C)CO)nc(-c2cccc([N+](=O)[O-])c2)n1. The Morgan fingerprint density at radius 1 is 1.35 bits per heavy atom. The third-order valence-electron chi connectivity index (χ3n) is 4.93. The van der Waals surface area contributed by atoms with Crippen LogP contribution in [0, 0.1) is 23.0 Å². The van der Waals surface area contributed by atoms with Gasteiger partial charge >= 0.3 is 0 Å². The van der Waals surface area contributed by atoms with Crippen LogP contribution >= 0.6 is 0 Å². The van der Waals surface area contributed by atoms with E-state index in [0.29, 0.717) is 17.3 Å². The molecule has 0 saturated heterocycles. The molecule has 1 N–H and O–H groups in total. The normalized spacial score (nSPS) is 15.3. The van der Waals surface area contributed by atoms with E-state index in [1.54, 1.807) is 12.1 Å². The Hall–Kier alpha value is -2.54. The van der Waals surface area contributed by atoms with Crippen LogP contribution in [0.2, 0.25) is 0 Å². The van der Waals surface area contributed by atoms with Crippen LogP contribution in [0.4, 0.5) is 11.5 Å². The van der Waals surface area contributed by atoms with Crippen LogP contribution in [0.15, 0.2) is 30.3 Å². The van der Waals surface area contributed by atoms with Crippen LogP contribution in [-0.2, 0) is 0 Å². The predicted octanol–water partition coefficient (Wildman–Crippen LogP) is 3.35. The van der Waals surface area contributed by atoms with Gasteiger partial charge in [0, 0.05) is 36.0 Å². The second kappa shape index (κ2) is 7.78. The number of rotatable bonds is 7. The lowest BCUT2D eigenvalue weighted by molar-refractivity contribution is -0.384. The molecule has 1 atom stereocenters. The average Bonchev–Trinajstić information content (AvgIpc) is 2.59. The fourth-order valence-corrected chi connectivity index (χ4v) is 3.14. The van der Waals surface area contributed by atoms with Crippen LogP contribution in [0.5, 0.6) is 0 Å². The largest absolute Gasteiger partial charge is 0.394 e. The molecule has 2 aromatic rings. The van der Waals surface area contributed by atoms with E-state index in [-0.39, 0.29) is 18.3 Å². The molecule has 26 heavy (non-hydrogen) atoms. The van der Waals surface area contributed by atoms with Gasteiger partial charge < -0.3 is 10.0 Å². The van der Waals surface area contributed by atoms with Gasteiger partial charge in [0.05, 0.1) is 17.6 Å². The Morgan fingerprint density at radius 3 is 2.73 bits per heavy atom. The first-order chi connectivity index (χ1) is 12.5. The van der Waals surface area contributed by atoms with Gasteiger partial charge in [0.15, 0.2) is 5.82 Å². The molecule has 1 heterocycles. The molecule has 1 aliphatic rings. The number of aliphatic hydroxyl groups excluding tert-OH is 1. The van der Waals surface area contributed by atoms with E-state index in [1.807, 2.05) is 19.9 Å². The molecule has 138 valence electrons. The molecule has 1 aromatic heterocycles. The maximum Gasteiger partial charge on any atom is 0.270 e. The summed E-state index contributed by atoms with van der Waals surface area (Å²) < 4.78 is 0. The van der Waals surface area contributed by atoms with E-state index in [1.165, 1.54) is 31.4 Å². The van der Waals surface area contributed by atoms with Crippen molar-refractivity contribution < 1.29 is 10.0 Å². The molecule has 0 bridgehead atoms. The van der Waals surface area contributed by atoms with Crippen LogP contribution in [-0.4, -0.2) is 39.2 Å². The van der Waals surface area contributed by atoms with E-state index in [9.17, 15) is 15.2 Å². The van der Waals surface area contributed by atoms with Gasteiger partial charge in [-0.05, 0) is 32.6 Å². The van der Waals surface area contributed by atoms with Crippen LogP contribution in [0.3, 0.4) is 0 Å². The summed E-state index contributed by atoms with van der Waals surface area (Å²) in [5.74, 6) is 1.85. The number of hydrogen-bond acceptors (Lipinski definition) is 6. The molecule has 1 saturated carbocycles. The van der Waals surface area contributed by atoms with Crippen molar-refractivity contribution in [1.29, 1.82) is 0 Å². The predicted molar refractivity (Wildman–Crippen MR) is 100 cm³/mol. The average molecular weight is 356 g/mol. The lowest BCUT2D eigenvalue weighted by Crippen LogP contribution is -2.41. The maximum absolute atomic E-state index is 11.0. The lowest BCUT2D eigenvalue weighted by Gasteiger charge is -2.36. The Morgan fingerprint density at radius 2 is 2.12 bits per heavy atom. The second-order valence-electron chi connectivity index (χ2n) is 6.98. The van der Waals surface area contributed by atoms with Crippen LogP contribution < -0.4 is 4.90 Å². The monoisotopic (exact) mass is 356 g/mol. The zero-order valence-corrected chi connectivity index (χ0v) is 15.1. The summed E-state index contributed by atoms with van der Waals surface area (Å²) in [5, 5.41) is 20.7. The van der Waals surface area contributed by atoms with Crippen molar-refractivity contribution >= 4 is 11.5 Å². The summed E-state index contributed by atoms with van der Waals surface area (Å²) in [6.45, 7) is 4.76. The van der Waals surface area contributed by atoms with Crippen molar-refractivity contribution in [2.24, 2.45) is 5.92 Å². The number of aliphatic hydroxyl groups is 1. The first-order valence-corrected chi connectivity index (χ1v) is 8.96. The van der Waals surface area contributed by atoms with Gasteiger partial charge in [0.1, 0.15) is 5.82 Å². The number of anilines is 1. The number of hydrogen-bond donors (Lipinski definition) is 1. The highest BCUT2D eigenvalue weighted by atomic mass is 16.6. The fourth-order valence-electron chi connectivity index (χ4n) is 3.14. The number of benzene rings is 1. The summed E-state index contributed by atoms with van der Waals surface area (Å²) in [4.78, 5) is 21.9. The highest BCUT2D eigenvalue weighted by Gasteiger charge is 2.25. The van der Waals surface area contributed by atoms with Gasteiger partial charge in [-0.3, -0.25) is 10.1 Å². The lowest BCUT2D eigenvalue weighted by atomic mass is 9.85. The summed E-state index contributed by atoms with van der Waals surface area (Å²) in [5.41, 5.74) is 1.42. The van der Waals surface area contributed by atoms with E-state index in [4.69, 9.17) is 0 Å². The maximum atomic E-state index is 11.0. The molecule has 1 aromatic carbocycles. The van der Waals surface area contributed by atoms with E-state index in [2.05, 4.69) is 14.9 Å². The Balaban J connectivity index is 1.97. The third kappa shape index (κ3) is 3.99. The quantitative estimate of drug-likeness (QED) is 0.604. The molecule has 0 spiro atoms. The van der Waals surface area contributed by atoms with Gasteiger partial charge in [-0.2, -0.15) is 0 Å². The number of nitro groups is 1. The van der Waals surface area contributed by atoms with Gasteiger partial charge in [-0.25, -0.2) is 9.97 Å². The van der Waals surface area contributed by atoms with Gasteiger partial charge in [-0.1, -0.05) is 18.6 Å². The molecular weight excluding hydrogens is 332 g/mol. The second-order valence-corrected chi connectivity index (χ2v) is 6.98. The minimum Gasteiger partial charge on any atom is -0.394 e. The van der Waals surface area contributed by atoms with E-state index in [0.717, 1.165) is 18.1 Å². The van der Waals surface area contributed by atoms with Crippen LogP contribution in [0.1, 0.15) is 31.9 Å². The summed E-state index contributed by atoms with van der Waals surface area (Å²) in [6, 6.07) is 8.22. The van der Waals surface area contributed by atoms with Crippen LogP contribution in [0.25, 0.3) is 11.4 Å². The summed E-state index contributed by atoms with van der Waals surface area (Å²) in [6.07, 6.45) is 3.67. The third-order valence-corrected chi connectivity index (χ3v) is 4.93. The Bertz CT molecular complexity index is 792. The number of aromatic nitrogens is 2. The summed E-state index contributed by atoms with van der Waals surface area (Å²) >= 11 is 0. The van der Waals surface area contributed by atoms with Gasteiger partial charge in [-0.15, -0.1) is 0 Å². The molecule has 7 heteroatoms. The first-order valence-electron chi connectivity index (χ1n) is 8.96. The van der Waals surface area contributed by atoms with Gasteiger partial charge in [0.2, 0.25) is 0 Å². The molecular formula is C19H24N4O3. The number of nitrogens with zero attached hydrogens (tertiary/aromatic N) is 4. The molecule has 3 rings (SSSR count). The van der Waals surface area contributed by atoms with Crippen molar-refractivity contribution in [3.05, 3.63) is 46.1 Å². The zero-order valence-electron chi connectivity index (χ0n) is 15.1. The van der Waals surface area contributed by atoms with E-state index >= 15 is 0 Å². The molecule has 0 radical (unpaired) electrons. The number of nitro benzene ring substituents is 1. The van der Waals surface area contributed by atoms with Crippen molar-refractivity contribution in [2.75, 3.05) is 18.1 Å². The standard InChI is InChI=1S/C19H24N4O3/c1-13-9-18(22(14(2)12-24)11-15-5-3-6-15)21-19(20-13)16-7-4-8-17(10-16)23(25)26/h4,7-10,14-15,24H,3,5-6,11-12H2,1-2H3. The fraction of sp³-hybridized carbons (Fsp3) is 0.474. The number of non-ortho nitro benzene ring substituents is 1. The zero-order chi connectivity index (χ0) is 18.7. The Labute approximate surface area is 152 Å². The first kappa shape index (κ1) is 18.3. The van der Waals surface area contributed by atoms with Crippen molar-refractivity contribution in [3.8, 4) is 11.4 Å². The van der Waals surface area contributed by atoms with Crippen molar-refractivity contribution in [1.82, 2.24) is 9.97 Å². The molecule has 1 aliphatic carbocycles. The van der Waals surface area contributed by atoms with Crippen molar-refractivity contribution in [2.45, 2.75) is 39.2 Å². The topological polar surface area (TPSA) is 92.4 Å². The molecule has 0 aliphatic heterocycles. The molecule has 0 amide bonds. The smallest absolute Gasteiger partial charge is 0.270 e. The van der Waals surface area contributed by atoms with Gasteiger partial charge in [0.25, 0.3) is 5.69 Å². The molecule has 7 nitrogen and oxygen atoms in total. The Kier molecular flexibility index (Phi) is 5.46. The highest BCUT2D eigenvalue weighted by Crippen LogP contribution is 2.30. The summed E-state index contributed by atoms with van der Waals surface area (Å²) in [7, 11) is 0.